The number of carbonyl (C=O) groups excluding carboxylic acids is 1. The second-order valence-corrected chi connectivity index (χ2v) is 7.50. The van der Waals surface area contributed by atoms with Crippen LogP contribution in [0.1, 0.15) is 5.56 Å². The standard InChI is InChI=1S/C19H22F3N5O2/c20-19(21,22)29-13-3-1-2-12(6-13)7-23-8-14-15-9-27(10-16(14)15)11-17(28)26-18-24-4-5-25-18/h1-6,14-16,23H,7-11H2,(H2,24,25,26,28). The number of carbonyl (C=O) groups is 1. The van der Waals surface area contributed by atoms with Crippen LogP contribution in [0.4, 0.5) is 19.1 Å². The molecule has 29 heavy (non-hydrogen) atoms. The Kier molecular flexibility index (Phi) is 5.46. The molecule has 1 saturated carbocycles. The zero-order chi connectivity index (χ0) is 20.4. The van der Waals surface area contributed by atoms with Gasteiger partial charge in [0.15, 0.2) is 0 Å². The number of rotatable bonds is 8. The van der Waals surface area contributed by atoms with Gasteiger partial charge in [-0.15, -0.1) is 13.2 Å². The molecule has 1 aliphatic carbocycles. The molecule has 0 bridgehead atoms. The van der Waals surface area contributed by atoms with Gasteiger partial charge in [0.25, 0.3) is 0 Å². The number of imidazole rings is 1. The molecule has 0 spiro atoms. The number of nitrogens with one attached hydrogen (secondary N) is 3. The minimum atomic E-state index is -4.68. The van der Waals surface area contributed by atoms with Crippen molar-refractivity contribution < 1.29 is 22.7 Å². The van der Waals surface area contributed by atoms with Crippen LogP contribution in [-0.2, 0) is 11.3 Å². The molecule has 3 N–H and O–H groups in total. The fourth-order valence-corrected chi connectivity index (χ4v) is 4.11. The minimum absolute atomic E-state index is 0.0862. The number of aromatic amines is 1. The van der Waals surface area contributed by atoms with Crippen LogP contribution in [0.5, 0.6) is 5.75 Å². The molecule has 10 heteroatoms. The molecular weight excluding hydrogens is 387 g/mol. The summed E-state index contributed by atoms with van der Waals surface area (Å²) in [5.74, 6) is 1.85. The second kappa shape index (κ2) is 8.03. The van der Waals surface area contributed by atoms with Crippen molar-refractivity contribution in [1.29, 1.82) is 0 Å². The highest BCUT2D eigenvalue weighted by atomic mass is 19.4. The summed E-state index contributed by atoms with van der Waals surface area (Å²) < 4.78 is 40.9. The Morgan fingerprint density at radius 1 is 1.31 bits per heavy atom. The second-order valence-electron chi connectivity index (χ2n) is 7.50. The fourth-order valence-electron chi connectivity index (χ4n) is 4.11. The molecule has 0 radical (unpaired) electrons. The smallest absolute Gasteiger partial charge is 0.406 e. The first-order chi connectivity index (χ1) is 13.9. The Balaban J connectivity index is 1.15. The molecule has 1 saturated heterocycles. The van der Waals surface area contributed by atoms with E-state index in [0.29, 0.717) is 36.8 Å². The van der Waals surface area contributed by atoms with Crippen LogP contribution in [0.2, 0.25) is 0 Å². The zero-order valence-corrected chi connectivity index (χ0v) is 15.6. The summed E-state index contributed by atoms with van der Waals surface area (Å²) in [6.07, 6.45) is -1.45. The normalized spacial score (nSPS) is 23.6. The van der Waals surface area contributed by atoms with Crippen LogP contribution in [0.25, 0.3) is 0 Å². The highest BCUT2D eigenvalue weighted by Crippen LogP contribution is 2.51. The molecule has 2 aliphatic rings. The molecule has 1 aromatic carbocycles. The Morgan fingerprint density at radius 3 is 2.79 bits per heavy atom. The van der Waals surface area contributed by atoms with Crippen LogP contribution in [0, 0.1) is 17.8 Å². The summed E-state index contributed by atoms with van der Waals surface area (Å²) in [4.78, 5) is 21.0. The fraction of sp³-hybridized carbons (Fsp3) is 0.474. The average Bonchev–Trinajstić information content (AvgIpc) is 3.02. The van der Waals surface area contributed by atoms with Crippen molar-refractivity contribution in [2.24, 2.45) is 17.8 Å². The van der Waals surface area contributed by atoms with Crippen molar-refractivity contribution in [3.05, 3.63) is 42.2 Å². The SMILES string of the molecule is O=C(CN1CC2C(CNCc3cccc(OC(F)(F)F)c3)C2C1)Nc1ncc[nH]1. The maximum absolute atomic E-state index is 12.3. The van der Waals surface area contributed by atoms with Gasteiger partial charge in [-0.3, -0.25) is 15.0 Å². The van der Waals surface area contributed by atoms with E-state index in [2.05, 4.69) is 30.2 Å². The van der Waals surface area contributed by atoms with Gasteiger partial charge in [-0.2, -0.15) is 0 Å². The molecule has 2 heterocycles. The number of H-pyrrole nitrogens is 1. The van der Waals surface area contributed by atoms with Crippen molar-refractivity contribution in [3.63, 3.8) is 0 Å². The van der Waals surface area contributed by atoms with Crippen molar-refractivity contribution in [1.82, 2.24) is 20.2 Å². The molecule has 2 aromatic rings. The molecule has 156 valence electrons. The first kappa shape index (κ1) is 19.7. The first-order valence-electron chi connectivity index (χ1n) is 9.44. The predicted octanol–water partition coefficient (Wildman–Crippen LogP) is 2.21. The van der Waals surface area contributed by atoms with Gasteiger partial charge >= 0.3 is 6.36 Å². The molecule has 2 unspecified atom stereocenters. The van der Waals surface area contributed by atoms with Crippen molar-refractivity contribution in [3.8, 4) is 5.75 Å². The van der Waals surface area contributed by atoms with E-state index in [1.165, 1.54) is 12.1 Å². The number of likely N-dealkylation sites (tertiary alicyclic amines) is 1. The minimum Gasteiger partial charge on any atom is -0.406 e. The number of nitrogens with zero attached hydrogens (tertiary/aromatic N) is 2. The summed E-state index contributed by atoms with van der Waals surface area (Å²) in [6, 6.07) is 6.01. The molecule has 4 rings (SSSR count). The number of ether oxygens (including phenoxy) is 1. The molecule has 1 aromatic heterocycles. The van der Waals surface area contributed by atoms with Gasteiger partial charge in [0.2, 0.25) is 11.9 Å². The van der Waals surface area contributed by atoms with E-state index >= 15 is 0 Å². The maximum atomic E-state index is 12.3. The first-order valence-corrected chi connectivity index (χ1v) is 9.44. The molecule has 7 nitrogen and oxygen atoms in total. The number of halogens is 3. The Bertz CT molecular complexity index is 831. The van der Waals surface area contributed by atoms with Crippen LogP contribution < -0.4 is 15.4 Å². The van der Waals surface area contributed by atoms with Gasteiger partial charge in [-0.25, -0.2) is 4.98 Å². The van der Waals surface area contributed by atoms with E-state index in [1.54, 1.807) is 24.5 Å². The number of aromatic nitrogens is 2. The van der Waals surface area contributed by atoms with Crippen LogP contribution in [-0.4, -0.2) is 53.3 Å². The summed E-state index contributed by atoms with van der Waals surface area (Å²) in [6.45, 7) is 3.42. The third-order valence-corrected chi connectivity index (χ3v) is 5.41. The van der Waals surface area contributed by atoms with Crippen LogP contribution in [0.3, 0.4) is 0 Å². The Morgan fingerprint density at radius 2 is 2.10 bits per heavy atom. The number of piperidine rings is 1. The number of benzene rings is 1. The van der Waals surface area contributed by atoms with Crippen LogP contribution >= 0.6 is 0 Å². The van der Waals surface area contributed by atoms with E-state index < -0.39 is 6.36 Å². The average molecular weight is 409 g/mol. The molecular formula is C19H22F3N5O2. The zero-order valence-electron chi connectivity index (χ0n) is 15.6. The monoisotopic (exact) mass is 409 g/mol. The van der Waals surface area contributed by atoms with Crippen molar-refractivity contribution in [2.75, 3.05) is 31.5 Å². The summed E-state index contributed by atoms with van der Waals surface area (Å²) in [5.41, 5.74) is 0.744. The largest absolute Gasteiger partial charge is 0.573 e. The number of hydrogen-bond donors (Lipinski definition) is 3. The summed E-state index contributed by atoms with van der Waals surface area (Å²) in [7, 11) is 0. The van der Waals surface area contributed by atoms with Crippen molar-refractivity contribution >= 4 is 11.9 Å². The lowest BCUT2D eigenvalue weighted by Crippen LogP contribution is -2.34. The third kappa shape index (κ3) is 5.27. The Labute approximate surface area is 165 Å². The number of anilines is 1. The quantitative estimate of drug-likeness (QED) is 0.623. The van der Waals surface area contributed by atoms with Gasteiger partial charge in [0.05, 0.1) is 6.54 Å². The number of alkyl halides is 3. The number of fused-ring (bicyclic) bond motifs is 1. The number of hydrogen-bond acceptors (Lipinski definition) is 5. The maximum Gasteiger partial charge on any atom is 0.573 e. The Hall–Kier alpha value is -2.59. The van der Waals surface area contributed by atoms with Gasteiger partial charge in [-0.1, -0.05) is 12.1 Å². The lowest BCUT2D eigenvalue weighted by Gasteiger charge is -2.18. The highest BCUT2D eigenvalue weighted by molar-refractivity contribution is 5.90. The predicted molar refractivity (Wildman–Crippen MR) is 99.0 cm³/mol. The van der Waals surface area contributed by atoms with Gasteiger partial charge in [0.1, 0.15) is 5.75 Å². The topological polar surface area (TPSA) is 82.3 Å². The van der Waals surface area contributed by atoms with E-state index in [-0.39, 0.29) is 11.7 Å². The number of amides is 1. The van der Waals surface area contributed by atoms with Gasteiger partial charge in [-0.05, 0) is 42.0 Å². The van der Waals surface area contributed by atoms with E-state index in [9.17, 15) is 18.0 Å². The summed E-state index contributed by atoms with van der Waals surface area (Å²) in [5, 5.41) is 6.04. The van der Waals surface area contributed by atoms with E-state index in [4.69, 9.17) is 0 Å². The van der Waals surface area contributed by atoms with Crippen LogP contribution in [0.15, 0.2) is 36.7 Å². The molecule has 2 fully saturated rings. The van der Waals surface area contributed by atoms with E-state index in [0.717, 1.165) is 25.2 Å². The van der Waals surface area contributed by atoms with Crippen molar-refractivity contribution in [2.45, 2.75) is 12.9 Å². The van der Waals surface area contributed by atoms with Gasteiger partial charge in [0, 0.05) is 32.0 Å². The molecule has 1 amide bonds. The van der Waals surface area contributed by atoms with E-state index in [1.807, 2.05) is 0 Å². The lowest BCUT2D eigenvalue weighted by atomic mass is 10.2. The van der Waals surface area contributed by atoms with Gasteiger partial charge < -0.3 is 15.0 Å². The lowest BCUT2D eigenvalue weighted by molar-refractivity contribution is -0.274. The molecule has 2 atom stereocenters. The molecule has 1 aliphatic heterocycles. The third-order valence-electron chi connectivity index (χ3n) is 5.41. The summed E-state index contributed by atoms with van der Waals surface area (Å²) >= 11 is 0. The highest BCUT2D eigenvalue weighted by Gasteiger charge is 2.54.